The topological polar surface area (TPSA) is 45.8 Å². The molecule has 0 spiro atoms. The summed E-state index contributed by atoms with van der Waals surface area (Å²) in [5.41, 5.74) is 0.0710. The fourth-order valence-electron chi connectivity index (χ4n) is 1.80. The van der Waals surface area contributed by atoms with E-state index in [1.807, 2.05) is 0 Å². The minimum absolute atomic E-state index is 0.159. The highest BCUT2D eigenvalue weighted by Crippen LogP contribution is 2.58. The van der Waals surface area contributed by atoms with Crippen LogP contribution in [-0.4, -0.2) is 14.3 Å². The van der Waals surface area contributed by atoms with Gasteiger partial charge in [-0.25, -0.2) is 9.37 Å². The van der Waals surface area contributed by atoms with Crippen molar-refractivity contribution in [2.24, 2.45) is 0 Å². The largest absolute Gasteiger partial charge is 0.310 e. The third-order valence-electron chi connectivity index (χ3n) is 2.84. The first-order valence-corrected chi connectivity index (χ1v) is 5.80. The highest BCUT2D eigenvalue weighted by Gasteiger charge is 2.54. The second kappa shape index (κ2) is 3.43. The lowest BCUT2D eigenvalue weighted by atomic mass is 10.2. The van der Waals surface area contributed by atoms with Crippen molar-refractivity contribution in [3.8, 4) is 0 Å². The SMILES string of the molecule is O=c1[nH]c(C2CC2(Cl)Cl)nc2ccc(F)cc12. The Morgan fingerprint density at radius 1 is 1.47 bits per heavy atom. The first-order valence-electron chi connectivity index (χ1n) is 5.05. The summed E-state index contributed by atoms with van der Waals surface area (Å²) in [5, 5.41) is 0.226. The van der Waals surface area contributed by atoms with E-state index >= 15 is 0 Å². The van der Waals surface area contributed by atoms with Crippen LogP contribution in [0.3, 0.4) is 0 Å². The van der Waals surface area contributed by atoms with Gasteiger partial charge in [-0.05, 0) is 24.6 Å². The van der Waals surface area contributed by atoms with Crippen LogP contribution < -0.4 is 5.56 Å². The van der Waals surface area contributed by atoms with Gasteiger partial charge in [-0.15, -0.1) is 23.2 Å². The first kappa shape index (κ1) is 11.0. The van der Waals surface area contributed by atoms with Crippen LogP contribution in [0.4, 0.5) is 4.39 Å². The summed E-state index contributed by atoms with van der Waals surface area (Å²) in [5.74, 6) is -0.167. The van der Waals surface area contributed by atoms with Crippen molar-refractivity contribution in [3.63, 3.8) is 0 Å². The highest BCUT2D eigenvalue weighted by atomic mass is 35.5. The van der Waals surface area contributed by atoms with E-state index in [1.54, 1.807) is 0 Å². The van der Waals surface area contributed by atoms with Gasteiger partial charge in [0.1, 0.15) is 16.0 Å². The molecule has 3 rings (SSSR count). The number of halogens is 3. The predicted octanol–water partition coefficient (Wildman–Crippen LogP) is 2.72. The number of benzene rings is 1. The van der Waals surface area contributed by atoms with Crippen molar-refractivity contribution in [1.29, 1.82) is 0 Å². The van der Waals surface area contributed by atoms with E-state index in [0.29, 0.717) is 17.8 Å². The molecular formula is C11H7Cl2FN2O. The molecule has 1 aliphatic carbocycles. The van der Waals surface area contributed by atoms with Gasteiger partial charge in [0.15, 0.2) is 0 Å². The van der Waals surface area contributed by atoms with E-state index in [2.05, 4.69) is 9.97 Å². The van der Waals surface area contributed by atoms with Crippen LogP contribution in [-0.2, 0) is 0 Å². The molecule has 0 bridgehead atoms. The summed E-state index contributed by atoms with van der Waals surface area (Å²) in [6.45, 7) is 0. The summed E-state index contributed by atoms with van der Waals surface area (Å²) in [6.07, 6.45) is 0.561. The zero-order valence-corrected chi connectivity index (χ0v) is 10.0. The Labute approximate surface area is 106 Å². The van der Waals surface area contributed by atoms with Gasteiger partial charge in [-0.2, -0.15) is 0 Å². The zero-order valence-electron chi connectivity index (χ0n) is 8.51. The quantitative estimate of drug-likeness (QED) is 0.812. The summed E-state index contributed by atoms with van der Waals surface area (Å²) in [4.78, 5) is 18.6. The van der Waals surface area contributed by atoms with Gasteiger partial charge in [0.05, 0.1) is 16.8 Å². The molecule has 1 atom stereocenters. The van der Waals surface area contributed by atoms with Crippen LogP contribution in [0.5, 0.6) is 0 Å². The third-order valence-corrected chi connectivity index (χ3v) is 3.68. The summed E-state index contributed by atoms with van der Waals surface area (Å²) in [7, 11) is 0. The number of hydrogen-bond acceptors (Lipinski definition) is 2. The molecule has 1 unspecified atom stereocenters. The molecule has 1 fully saturated rings. The Balaban J connectivity index is 2.19. The molecule has 17 heavy (non-hydrogen) atoms. The molecule has 6 heteroatoms. The fourth-order valence-corrected chi connectivity index (χ4v) is 2.32. The molecule has 0 radical (unpaired) electrons. The molecule has 0 aliphatic heterocycles. The van der Waals surface area contributed by atoms with Crippen LogP contribution in [0.25, 0.3) is 10.9 Å². The molecule has 1 aromatic carbocycles. The first-order chi connectivity index (χ1) is 7.97. The van der Waals surface area contributed by atoms with Gasteiger partial charge < -0.3 is 4.98 Å². The molecule has 1 aromatic heterocycles. The molecule has 2 aromatic rings. The Morgan fingerprint density at radius 3 is 2.82 bits per heavy atom. The van der Waals surface area contributed by atoms with Gasteiger partial charge in [0.25, 0.3) is 5.56 Å². The molecule has 1 heterocycles. The van der Waals surface area contributed by atoms with Crippen LogP contribution in [0.2, 0.25) is 0 Å². The highest BCUT2D eigenvalue weighted by molar-refractivity contribution is 6.51. The number of alkyl halides is 2. The predicted molar refractivity (Wildman–Crippen MR) is 64.1 cm³/mol. The molecule has 88 valence electrons. The fraction of sp³-hybridized carbons (Fsp3) is 0.273. The minimum Gasteiger partial charge on any atom is -0.310 e. The maximum atomic E-state index is 13.0. The lowest BCUT2D eigenvalue weighted by molar-refractivity contribution is 0.629. The molecular weight excluding hydrogens is 266 g/mol. The van der Waals surface area contributed by atoms with Crippen molar-refractivity contribution in [3.05, 3.63) is 40.2 Å². The number of nitrogens with zero attached hydrogens (tertiary/aromatic N) is 1. The van der Waals surface area contributed by atoms with Crippen LogP contribution in [0.1, 0.15) is 18.2 Å². The van der Waals surface area contributed by atoms with E-state index in [-0.39, 0.29) is 16.9 Å². The number of aromatic amines is 1. The lowest BCUT2D eigenvalue weighted by Crippen LogP contribution is -2.12. The van der Waals surface area contributed by atoms with Crippen LogP contribution in [0, 0.1) is 5.82 Å². The number of rotatable bonds is 1. The van der Waals surface area contributed by atoms with Crippen LogP contribution >= 0.6 is 23.2 Å². The van der Waals surface area contributed by atoms with Crippen molar-refractivity contribution < 1.29 is 4.39 Å². The maximum absolute atomic E-state index is 13.0. The van der Waals surface area contributed by atoms with E-state index in [1.165, 1.54) is 12.1 Å². The minimum atomic E-state index is -0.844. The lowest BCUT2D eigenvalue weighted by Gasteiger charge is -2.02. The Hall–Kier alpha value is -1.13. The van der Waals surface area contributed by atoms with Crippen molar-refractivity contribution in [2.45, 2.75) is 16.7 Å². The normalized spacial score (nSPS) is 21.7. The smallest absolute Gasteiger partial charge is 0.258 e. The molecule has 1 aliphatic rings. The molecule has 1 saturated carbocycles. The Bertz CT molecular complexity index is 668. The van der Waals surface area contributed by atoms with E-state index < -0.39 is 10.2 Å². The van der Waals surface area contributed by atoms with Gasteiger partial charge in [0.2, 0.25) is 0 Å². The van der Waals surface area contributed by atoms with Crippen molar-refractivity contribution >= 4 is 34.1 Å². The van der Waals surface area contributed by atoms with Gasteiger partial charge in [-0.1, -0.05) is 0 Å². The average Bonchev–Trinajstić information content (AvgIpc) is 2.89. The van der Waals surface area contributed by atoms with Crippen molar-refractivity contribution in [1.82, 2.24) is 9.97 Å². The second-order valence-electron chi connectivity index (χ2n) is 4.13. The van der Waals surface area contributed by atoms with E-state index in [9.17, 15) is 9.18 Å². The van der Waals surface area contributed by atoms with Gasteiger partial charge >= 0.3 is 0 Å². The Kier molecular flexibility index (Phi) is 2.22. The number of nitrogens with one attached hydrogen (secondary N) is 1. The van der Waals surface area contributed by atoms with Gasteiger partial charge in [-0.3, -0.25) is 4.79 Å². The zero-order chi connectivity index (χ0) is 12.2. The number of H-pyrrole nitrogens is 1. The number of aromatic nitrogens is 2. The average molecular weight is 273 g/mol. The molecule has 0 amide bonds. The summed E-state index contributed by atoms with van der Waals surface area (Å²) < 4.78 is 12.1. The molecule has 3 nitrogen and oxygen atoms in total. The number of fused-ring (bicyclic) bond motifs is 1. The van der Waals surface area contributed by atoms with Crippen LogP contribution in [0.15, 0.2) is 23.0 Å². The second-order valence-corrected chi connectivity index (χ2v) is 5.67. The number of hydrogen-bond donors (Lipinski definition) is 1. The third kappa shape index (κ3) is 1.81. The van der Waals surface area contributed by atoms with E-state index in [4.69, 9.17) is 23.2 Å². The monoisotopic (exact) mass is 272 g/mol. The molecule has 0 saturated heterocycles. The molecule has 1 N–H and O–H groups in total. The Morgan fingerprint density at radius 2 is 2.18 bits per heavy atom. The maximum Gasteiger partial charge on any atom is 0.258 e. The standard InChI is InChI=1S/C11H7Cl2FN2O/c12-11(13)4-7(11)9-15-8-2-1-5(14)3-6(8)10(17)16-9/h1-3,7H,4H2,(H,15,16,17). The summed E-state index contributed by atoms with van der Waals surface area (Å²) >= 11 is 11.8. The summed E-state index contributed by atoms with van der Waals surface area (Å²) in [6, 6.07) is 3.89. The van der Waals surface area contributed by atoms with Gasteiger partial charge in [0, 0.05) is 0 Å². The van der Waals surface area contributed by atoms with Crippen molar-refractivity contribution in [2.75, 3.05) is 0 Å². The van der Waals surface area contributed by atoms with E-state index in [0.717, 1.165) is 6.07 Å².